The van der Waals surface area contributed by atoms with E-state index in [4.69, 9.17) is 0 Å². The third-order valence-electron chi connectivity index (χ3n) is 1.74. The van der Waals surface area contributed by atoms with Crippen molar-refractivity contribution in [1.82, 2.24) is 0 Å². The zero-order valence-electron chi connectivity index (χ0n) is 8.92. The van der Waals surface area contributed by atoms with Gasteiger partial charge in [0.05, 0.1) is 5.56 Å². The molecular weight excluding hydrogens is 227 g/mol. The van der Waals surface area contributed by atoms with Crippen LogP contribution in [-0.2, 0) is 9.53 Å². The van der Waals surface area contributed by atoms with Crippen molar-refractivity contribution in [2.45, 2.75) is 6.92 Å². The summed E-state index contributed by atoms with van der Waals surface area (Å²) in [7, 11) is 0. The van der Waals surface area contributed by atoms with Crippen LogP contribution in [0.25, 0.3) is 0 Å². The third kappa shape index (κ3) is 6.22. The molecule has 17 heavy (non-hydrogen) atoms. The van der Waals surface area contributed by atoms with Crippen molar-refractivity contribution in [3.8, 4) is 0 Å². The van der Waals surface area contributed by atoms with Crippen LogP contribution in [0, 0.1) is 0 Å². The average Bonchev–Trinajstić information content (AvgIpc) is 2.30. The molecule has 0 bridgehead atoms. The molecule has 3 nitrogen and oxygen atoms in total. The summed E-state index contributed by atoms with van der Waals surface area (Å²) >= 11 is 0. The van der Waals surface area contributed by atoms with Crippen LogP contribution in [0.5, 0.6) is 0 Å². The van der Waals surface area contributed by atoms with Gasteiger partial charge in [0.2, 0.25) is 0 Å². The number of carbonyl (C=O) groups is 2. The first-order chi connectivity index (χ1) is 7.74. The maximum atomic E-state index is 11.4. The number of carbonyl (C=O) groups excluding carboxylic acids is 2. The van der Waals surface area contributed by atoms with Crippen molar-refractivity contribution in [3.05, 3.63) is 60.2 Å². The predicted octanol–water partition coefficient (Wildman–Crippen LogP) is 1.85. The molecule has 1 aromatic rings. The van der Waals surface area contributed by atoms with Gasteiger partial charge in [0, 0.05) is 6.08 Å². The Bertz CT molecular complexity index is 422. The zero-order chi connectivity index (χ0) is 11.8. The SMILES string of the molecule is C/C=C/C=C/C(=O)OC(=O)c1ccccc1.[NaH]. The second-order valence-electron chi connectivity index (χ2n) is 2.96. The molecule has 0 saturated carbocycles. The number of esters is 2. The van der Waals surface area contributed by atoms with Gasteiger partial charge in [-0.05, 0) is 19.1 Å². The van der Waals surface area contributed by atoms with Crippen LogP contribution in [0.4, 0.5) is 0 Å². The minimum absolute atomic E-state index is 0. The Morgan fingerprint density at radius 2 is 1.76 bits per heavy atom. The molecule has 0 spiro atoms. The second kappa shape index (κ2) is 8.93. The van der Waals surface area contributed by atoms with Crippen molar-refractivity contribution < 1.29 is 14.3 Å². The molecule has 84 valence electrons. The number of allylic oxidation sites excluding steroid dienone is 3. The van der Waals surface area contributed by atoms with E-state index < -0.39 is 11.9 Å². The first kappa shape index (κ1) is 15.8. The van der Waals surface area contributed by atoms with Crippen LogP contribution in [0.3, 0.4) is 0 Å². The molecule has 0 saturated heterocycles. The molecule has 0 N–H and O–H groups in total. The predicted molar refractivity (Wildman–Crippen MR) is 68.0 cm³/mol. The maximum absolute atomic E-state index is 11.4. The van der Waals surface area contributed by atoms with Gasteiger partial charge < -0.3 is 4.74 Å². The molecule has 0 fully saturated rings. The van der Waals surface area contributed by atoms with Crippen LogP contribution < -0.4 is 0 Å². The normalized spacial score (nSPS) is 10.2. The Balaban J connectivity index is 0.00000256. The van der Waals surface area contributed by atoms with Crippen molar-refractivity contribution in [3.63, 3.8) is 0 Å². The van der Waals surface area contributed by atoms with Crippen molar-refractivity contribution in [1.29, 1.82) is 0 Å². The van der Waals surface area contributed by atoms with E-state index in [1.807, 2.05) is 6.92 Å². The van der Waals surface area contributed by atoms with Crippen LogP contribution >= 0.6 is 0 Å². The van der Waals surface area contributed by atoms with Crippen LogP contribution in [0.2, 0.25) is 0 Å². The van der Waals surface area contributed by atoms with Crippen molar-refractivity contribution in [2.24, 2.45) is 0 Å². The standard InChI is InChI=1S/C13H12O3.Na.H/c1-2-3-5-10-12(14)16-13(15)11-8-6-4-7-9-11;;/h2-10H,1H3;;/b3-2+,10-5+;;. The topological polar surface area (TPSA) is 43.4 Å². The first-order valence-corrected chi connectivity index (χ1v) is 4.84. The van der Waals surface area contributed by atoms with E-state index in [0.717, 1.165) is 0 Å². The van der Waals surface area contributed by atoms with Crippen LogP contribution in [0.1, 0.15) is 17.3 Å². The quantitative estimate of drug-likeness (QED) is 0.266. The molecule has 0 atom stereocenters. The zero-order valence-corrected chi connectivity index (χ0v) is 8.92. The molecule has 0 radical (unpaired) electrons. The van der Waals surface area contributed by atoms with E-state index in [0.29, 0.717) is 5.56 Å². The van der Waals surface area contributed by atoms with E-state index in [2.05, 4.69) is 4.74 Å². The summed E-state index contributed by atoms with van der Waals surface area (Å²) in [5.41, 5.74) is 0.357. The van der Waals surface area contributed by atoms with Gasteiger partial charge in [-0.3, -0.25) is 0 Å². The Labute approximate surface area is 122 Å². The molecule has 0 unspecified atom stereocenters. The molecule has 0 aliphatic rings. The van der Waals surface area contributed by atoms with Gasteiger partial charge in [0.15, 0.2) is 0 Å². The Kier molecular flexibility index (Phi) is 8.32. The third-order valence-corrected chi connectivity index (χ3v) is 1.74. The van der Waals surface area contributed by atoms with Gasteiger partial charge in [-0.15, -0.1) is 0 Å². The van der Waals surface area contributed by atoms with Gasteiger partial charge in [0.1, 0.15) is 0 Å². The number of ether oxygens (including phenoxy) is 1. The van der Waals surface area contributed by atoms with E-state index in [-0.39, 0.29) is 29.6 Å². The van der Waals surface area contributed by atoms with E-state index in [1.165, 1.54) is 12.2 Å². The fourth-order valence-corrected chi connectivity index (χ4v) is 1.00. The van der Waals surface area contributed by atoms with Gasteiger partial charge in [-0.2, -0.15) is 0 Å². The second-order valence-corrected chi connectivity index (χ2v) is 2.96. The van der Waals surface area contributed by atoms with E-state index in [1.54, 1.807) is 42.5 Å². The minimum atomic E-state index is -0.674. The monoisotopic (exact) mass is 240 g/mol. The summed E-state index contributed by atoms with van der Waals surface area (Å²) in [5.74, 6) is -1.32. The summed E-state index contributed by atoms with van der Waals surface area (Å²) in [6.45, 7) is 1.82. The fourth-order valence-electron chi connectivity index (χ4n) is 1.00. The summed E-state index contributed by atoms with van der Waals surface area (Å²) in [6, 6.07) is 8.37. The summed E-state index contributed by atoms with van der Waals surface area (Å²) < 4.78 is 4.58. The molecule has 4 heteroatoms. The van der Waals surface area contributed by atoms with Gasteiger partial charge in [-0.1, -0.05) is 36.4 Å². The molecule has 1 aromatic carbocycles. The Morgan fingerprint density at radius 3 is 2.35 bits per heavy atom. The molecule has 0 aliphatic carbocycles. The molecular formula is C13H13NaO3. The van der Waals surface area contributed by atoms with E-state index in [9.17, 15) is 9.59 Å². The average molecular weight is 240 g/mol. The van der Waals surface area contributed by atoms with Gasteiger partial charge in [0.25, 0.3) is 0 Å². The first-order valence-electron chi connectivity index (χ1n) is 4.84. The summed E-state index contributed by atoms with van der Waals surface area (Å²) in [6.07, 6.45) is 6.15. The van der Waals surface area contributed by atoms with Gasteiger partial charge >= 0.3 is 41.5 Å². The number of benzene rings is 1. The number of hydrogen-bond acceptors (Lipinski definition) is 3. The van der Waals surface area contributed by atoms with E-state index >= 15 is 0 Å². The Morgan fingerprint density at radius 1 is 1.12 bits per heavy atom. The molecule has 0 heterocycles. The fraction of sp³-hybridized carbons (Fsp3) is 0.0769. The molecule has 1 rings (SSSR count). The number of hydrogen-bond donors (Lipinski definition) is 0. The van der Waals surface area contributed by atoms with Crippen LogP contribution in [-0.4, -0.2) is 41.5 Å². The molecule has 0 aromatic heterocycles. The van der Waals surface area contributed by atoms with Gasteiger partial charge in [-0.25, -0.2) is 9.59 Å². The molecule has 0 aliphatic heterocycles. The summed E-state index contributed by atoms with van der Waals surface area (Å²) in [4.78, 5) is 22.5. The summed E-state index contributed by atoms with van der Waals surface area (Å²) in [5, 5.41) is 0. The number of rotatable bonds is 3. The van der Waals surface area contributed by atoms with Crippen molar-refractivity contribution >= 4 is 41.5 Å². The Hall–Kier alpha value is -1.16. The van der Waals surface area contributed by atoms with Crippen molar-refractivity contribution in [2.75, 3.05) is 0 Å². The molecule has 0 amide bonds. The van der Waals surface area contributed by atoms with Crippen LogP contribution in [0.15, 0.2) is 54.6 Å².